The number of esters is 1. The first kappa shape index (κ1) is 30.7. The number of carbonyl (C=O) groups excluding carboxylic acids is 4. The van der Waals surface area contributed by atoms with E-state index in [9.17, 15) is 19.2 Å². The minimum Gasteiger partial charge on any atom is -0.497 e. The van der Waals surface area contributed by atoms with Crippen molar-refractivity contribution in [3.05, 3.63) is 99.0 Å². The van der Waals surface area contributed by atoms with Gasteiger partial charge in [0.05, 0.1) is 46.4 Å². The second kappa shape index (κ2) is 12.2. The lowest BCUT2D eigenvalue weighted by Crippen LogP contribution is -2.30. The summed E-state index contributed by atoms with van der Waals surface area (Å²) in [5, 5.41) is 0.953. The Morgan fingerprint density at radius 1 is 0.978 bits per heavy atom. The van der Waals surface area contributed by atoms with Crippen molar-refractivity contribution in [1.82, 2.24) is 4.98 Å². The number of aromatic nitrogens is 1. The van der Waals surface area contributed by atoms with E-state index in [-0.39, 0.29) is 35.0 Å². The zero-order valence-corrected chi connectivity index (χ0v) is 27.0. The van der Waals surface area contributed by atoms with Crippen LogP contribution in [-0.4, -0.2) is 41.8 Å². The molecule has 1 saturated heterocycles. The smallest absolute Gasteiger partial charge is 0.339 e. The van der Waals surface area contributed by atoms with Gasteiger partial charge in [0, 0.05) is 21.0 Å². The number of amides is 2. The lowest BCUT2D eigenvalue weighted by atomic mass is 9.85. The van der Waals surface area contributed by atoms with Crippen LogP contribution in [0.15, 0.2) is 77.3 Å². The third-order valence-electron chi connectivity index (χ3n) is 8.40. The molecule has 6 rings (SSSR count). The van der Waals surface area contributed by atoms with E-state index in [0.29, 0.717) is 67.1 Å². The maximum absolute atomic E-state index is 13.7. The minimum absolute atomic E-state index is 0.190. The molecule has 2 amide bonds. The third-order valence-corrected chi connectivity index (χ3v) is 9.74. The van der Waals surface area contributed by atoms with Gasteiger partial charge in [-0.2, -0.15) is 0 Å². The number of hydrogen-bond acceptors (Lipinski definition) is 7. The lowest BCUT2D eigenvalue weighted by molar-refractivity contribution is -0.122. The van der Waals surface area contributed by atoms with E-state index < -0.39 is 12.1 Å². The Kier molecular flexibility index (Phi) is 8.33. The Balaban J connectivity index is 1.34. The lowest BCUT2D eigenvalue weighted by Gasteiger charge is -2.17. The monoisotopic (exact) mass is 686 g/mol. The molecule has 228 valence electrons. The number of aryl methyl sites for hydroxylation is 1. The van der Waals surface area contributed by atoms with E-state index in [4.69, 9.17) is 26.1 Å². The maximum atomic E-state index is 13.7. The number of nitrogens with zero attached hydrogens (tertiary/aromatic N) is 2. The van der Waals surface area contributed by atoms with E-state index >= 15 is 0 Å². The fourth-order valence-corrected chi connectivity index (χ4v) is 6.55. The highest BCUT2D eigenvalue weighted by Crippen LogP contribution is 2.39. The molecule has 1 aromatic heterocycles. The van der Waals surface area contributed by atoms with Crippen molar-refractivity contribution in [2.24, 2.45) is 11.8 Å². The number of anilines is 1. The highest BCUT2D eigenvalue weighted by molar-refractivity contribution is 9.10. The summed E-state index contributed by atoms with van der Waals surface area (Å²) in [5.41, 5.74) is 3.32. The van der Waals surface area contributed by atoms with Gasteiger partial charge < -0.3 is 9.47 Å². The molecule has 0 N–H and O–H groups in total. The Morgan fingerprint density at radius 2 is 1.60 bits per heavy atom. The summed E-state index contributed by atoms with van der Waals surface area (Å²) >= 11 is 10.0. The molecular weight excluding hydrogens is 660 g/mol. The van der Waals surface area contributed by atoms with Gasteiger partial charge in [-0.05, 0) is 96.7 Å². The predicted molar refractivity (Wildman–Crippen MR) is 175 cm³/mol. The molecule has 0 bridgehead atoms. The molecule has 45 heavy (non-hydrogen) atoms. The van der Waals surface area contributed by atoms with E-state index in [0.717, 1.165) is 0 Å². The van der Waals surface area contributed by atoms with Crippen LogP contribution >= 0.6 is 27.5 Å². The molecule has 1 aliphatic carbocycles. The Bertz CT molecular complexity index is 1880. The summed E-state index contributed by atoms with van der Waals surface area (Å²) in [7, 11) is 1.54. The molecule has 1 fully saturated rings. The molecule has 0 spiro atoms. The van der Waals surface area contributed by atoms with Gasteiger partial charge in [0.2, 0.25) is 17.6 Å². The van der Waals surface area contributed by atoms with Crippen LogP contribution in [0, 0.1) is 18.8 Å². The van der Waals surface area contributed by atoms with Crippen LogP contribution in [0.5, 0.6) is 5.75 Å². The van der Waals surface area contributed by atoms with Gasteiger partial charge in [-0.25, -0.2) is 9.78 Å². The van der Waals surface area contributed by atoms with Crippen molar-refractivity contribution in [2.75, 3.05) is 12.0 Å². The molecule has 3 unspecified atom stereocenters. The van der Waals surface area contributed by atoms with E-state index in [2.05, 4.69) is 15.9 Å². The SMILES string of the molecule is COc1ccc(C(=O)C(C)OC(=O)c2cc(-c3ccc(N4C(=O)C5CC=CCC5C4=O)cc3)nc3c(C)c(Cl)c(Br)cc23)cc1. The van der Waals surface area contributed by atoms with Crippen LogP contribution in [-0.2, 0) is 14.3 Å². The molecule has 10 heteroatoms. The number of benzene rings is 3. The number of rotatable bonds is 7. The number of ketones is 1. The van der Waals surface area contributed by atoms with Gasteiger partial charge in [0.15, 0.2) is 6.10 Å². The number of carbonyl (C=O) groups is 4. The number of imide groups is 1. The van der Waals surface area contributed by atoms with Gasteiger partial charge >= 0.3 is 5.97 Å². The summed E-state index contributed by atoms with van der Waals surface area (Å²) < 4.78 is 11.4. The second-order valence-electron chi connectivity index (χ2n) is 11.1. The highest BCUT2D eigenvalue weighted by Gasteiger charge is 2.47. The molecule has 3 atom stereocenters. The van der Waals surface area contributed by atoms with E-state index in [1.165, 1.54) is 18.9 Å². The standard InChI is InChI=1S/C35H28BrClN2O6/c1-18-30(37)28(36)16-26-27(35(43)45-19(2)32(40)21-10-14-23(44-3)15-11-21)17-29(38-31(18)26)20-8-12-22(13-9-20)39-33(41)24-6-4-5-7-25(24)34(39)42/h4-5,8-17,19,24-25H,6-7H2,1-3H3. The first-order valence-electron chi connectivity index (χ1n) is 14.4. The van der Waals surface area contributed by atoms with Crippen molar-refractivity contribution < 1.29 is 28.7 Å². The zero-order chi connectivity index (χ0) is 32.0. The van der Waals surface area contributed by atoms with Crippen molar-refractivity contribution in [1.29, 1.82) is 0 Å². The van der Waals surface area contributed by atoms with Crippen LogP contribution in [0.3, 0.4) is 0 Å². The summed E-state index contributed by atoms with van der Waals surface area (Å²) in [6.07, 6.45) is 3.96. The Hall–Kier alpha value is -4.34. The molecule has 4 aromatic rings. The first-order chi connectivity index (χ1) is 21.6. The predicted octanol–water partition coefficient (Wildman–Crippen LogP) is 7.52. The van der Waals surface area contributed by atoms with Crippen LogP contribution in [0.4, 0.5) is 5.69 Å². The van der Waals surface area contributed by atoms with Crippen molar-refractivity contribution in [3.8, 4) is 17.0 Å². The summed E-state index contributed by atoms with van der Waals surface area (Å²) in [6, 6.07) is 16.8. The molecule has 8 nitrogen and oxygen atoms in total. The topological polar surface area (TPSA) is 103 Å². The normalized spacial score (nSPS) is 18.2. The minimum atomic E-state index is -1.07. The van der Waals surface area contributed by atoms with Gasteiger partial charge in [-0.1, -0.05) is 35.9 Å². The third kappa shape index (κ3) is 5.55. The highest BCUT2D eigenvalue weighted by atomic mass is 79.9. The van der Waals surface area contributed by atoms with Crippen LogP contribution in [0.1, 0.15) is 46.0 Å². The molecule has 2 heterocycles. The number of halogens is 2. The van der Waals surface area contributed by atoms with Gasteiger partial charge in [-0.15, -0.1) is 0 Å². The fraction of sp³-hybridized carbons (Fsp3) is 0.229. The van der Waals surface area contributed by atoms with Crippen molar-refractivity contribution in [3.63, 3.8) is 0 Å². The van der Waals surface area contributed by atoms with E-state index in [1.54, 1.807) is 67.6 Å². The van der Waals surface area contributed by atoms with Gasteiger partial charge in [0.25, 0.3) is 0 Å². The molecule has 0 saturated carbocycles. The molecule has 1 aliphatic heterocycles. The second-order valence-corrected chi connectivity index (χ2v) is 12.3. The number of fused-ring (bicyclic) bond motifs is 2. The van der Waals surface area contributed by atoms with Gasteiger partial charge in [0.1, 0.15) is 5.75 Å². The van der Waals surface area contributed by atoms with E-state index in [1.807, 2.05) is 12.2 Å². The van der Waals surface area contributed by atoms with Crippen LogP contribution in [0.2, 0.25) is 5.02 Å². The van der Waals surface area contributed by atoms with Crippen molar-refractivity contribution >= 4 is 67.7 Å². The first-order valence-corrected chi connectivity index (χ1v) is 15.6. The summed E-state index contributed by atoms with van der Waals surface area (Å²) in [4.78, 5) is 59.0. The van der Waals surface area contributed by atoms with Crippen LogP contribution in [0.25, 0.3) is 22.2 Å². The fourth-order valence-electron chi connectivity index (χ4n) is 5.88. The molecule has 0 radical (unpaired) electrons. The van der Waals surface area contributed by atoms with Gasteiger partial charge in [-0.3, -0.25) is 19.3 Å². The largest absolute Gasteiger partial charge is 0.497 e. The zero-order valence-electron chi connectivity index (χ0n) is 24.7. The Labute approximate surface area is 273 Å². The number of pyridine rings is 1. The molecular formula is C35H28BrClN2O6. The summed E-state index contributed by atoms with van der Waals surface area (Å²) in [6.45, 7) is 3.33. The Morgan fingerprint density at radius 3 is 2.20 bits per heavy atom. The molecule has 3 aromatic carbocycles. The quantitative estimate of drug-likeness (QED) is 0.0857. The average molecular weight is 688 g/mol. The van der Waals surface area contributed by atoms with Crippen LogP contribution < -0.4 is 9.64 Å². The number of Topliss-reactive ketones (excluding diaryl/α,β-unsaturated/α-hetero) is 1. The van der Waals surface area contributed by atoms with Crippen molar-refractivity contribution in [2.45, 2.75) is 32.8 Å². The number of hydrogen-bond donors (Lipinski definition) is 0. The maximum Gasteiger partial charge on any atom is 0.339 e. The average Bonchev–Trinajstić information content (AvgIpc) is 3.32. The molecule has 2 aliphatic rings. The number of methoxy groups -OCH3 is 1. The number of allylic oxidation sites excluding steroid dienone is 2. The number of ether oxygens (including phenoxy) is 2. The summed E-state index contributed by atoms with van der Waals surface area (Å²) in [5.74, 6) is -1.49.